The smallest absolute Gasteiger partial charge is 0.239 e. The fourth-order valence-electron chi connectivity index (χ4n) is 1.85. The molecule has 5 nitrogen and oxygen atoms in total. The summed E-state index contributed by atoms with van der Waals surface area (Å²) in [6.45, 7) is 7.50. The Bertz CT molecular complexity index is 284. The van der Waals surface area contributed by atoms with Gasteiger partial charge < -0.3 is 16.0 Å². The summed E-state index contributed by atoms with van der Waals surface area (Å²) in [6.07, 6.45) is 1.92. The number of hydrogen-bond acceptors (Lipinski definition) is 3. The molecular weight excluding hydrogens is 254 g/mol. The van der Waals surface area contributed by atoms with Gasteiger partial charge in [-0.05, 0) is 40.2 Å². The summed E-state index contributed by atoms with van der Waals surface area (Å²) in [5, 5.41) is 8.67. The van der Waals surface area contributed by atoms with Crippen LogP contribution in [0, 0.1) is 5.92 Å². The van der Waals surface area contributed by atoms with E-state index in [9.17, 15) is 9.59 Å². The Hall–Kier alpha value is -0.810. The van der Waals surface area contributed by atoms with Crippen LogP contribution in [0.5, 0.6) is 0 Å². The van der Waals surface area contributed by atoms with Gasteiger partial charge in [0.25, 0.3) is 0 Å². The Morgan fingerprint density at radius 2 is 2.00 bits per heavy atom. The molecule has 2 amide bonds. The molecule has 1 rings (SSSR count). The number of hydrogen-bond donors (Lipinski definition) is 3. The van der Waals surface area contributed by atoms with Crippen molar-refractivity contribution >= 4 is 24.2 Å². The minimum Gasteiger partial charge on any atom is -0.350 e. The van der Waals surface area contributed by atoms with Crippen molar-refractivity contribution in [1.29, 1.82) is 0 Å². The Morgan fingerprint density at radius 3 is 2.50 bits per heavy atom. The number of nitrogens with one attached hydrogen (secondary N) is 3. The molecule has 106 valence electrons. The highest BCUT2D eigenvalue weighted by Gasteiger charge is 2.21. The fraction of sp³-hybridized carbons (Fsp3) is 0.833. The highest BCUT2D eigenvalue weighted by Crippen LogP contribution is 2.09. The number of rotatable bonds is 3. The van der Waals surface area contributed by atoms with Crippen LogP contribution in [0.25, 0.3) is 0 Å². The van der Waals surface area contributed by atoms with Gasteiger partial charge in [-0.15, -0.1) is 12.4 Å². The predicted molar refractivity (Wildman–Crippen MR) is 73.7 cm³/mol. The van der Waals surface area contributed by atoms with Crippen LogP contribution in [0.1, 0.15) is 33.6 Å². The van der Waals surface area contributed by atoms with Gasteiger partial charge in [0.1, 0.15) is 0 Å². The van der Waals surface area contributed by atoms with Crippen molar-refractivity contribution in [2.75, 3.05) is 19.6 Å². The summed E-state index contributed by atoms with van der Waals surface area (Å²) in [6, 6.07) is 0. The van der Waals surface area contributed by atoms with Crippen LogP contribution in [-0.2, 0) is 9.59 Å². The average molecular weight is 278 g/mol. The summed E-state index contributed by atoms with van der Waals surface area (Å²) < 4.78 is 0. The first-order valence-electron chi connectivity index (χ1n) is 6.18. The molecule has 3 N–H and O–H groups in total. The van der Waals surface area contributed by atoms with Gasteiger partial charge in [0.15, 0.2) is 0 Å². The van der Waals surface area contributed by atoms with E-state index in [0.29, 0.717) is 6.54 Å². The highest BCUT2D eigenvalue weighted by atomic mass is 35.5. The van der Waals surface area contributed by atoms with E-state index in [1.165, 1.54) is 0 Å². The van der Waals surface area contributed by atoms with Gasteiger partial charge in [-0.1, -0.05) is 0 Å². The van der Waals surface area contributed by atoms with Crippen LogP contribution in [0.4, 0.5) is 0 Å². The standard InChI is InChI=1S/C12H23N3O2.ClH/c1-12(2,3)15-10(16)8-14-11(17)9-5-4-6-13-7-9;/h9,13H,4-8H2,1-3H3,(H,14,17)(H,15,16);1H/t9-;/m1./s1. The van der Waals surface area contributed by atoms with Gasteiger partial charge in [0.05, 0.1) is 12.5 Å². The number of carbonyl (C=O) groups is 2. The zero-order valence-electron chi connectivity index (χ0n) is 11.3. The maximum Gasteiger partial charge on any atom is 0.239 e. The van der Waals surface area contributed by atoms with Crippen molar-refractivity contribution in [2.24, 2.45) is 5.92 Å². The fourth-order valence-corrected chi connectivity index (χ4v) is 1.85. The molecule has 0 aliphatic carbocycles. The molecule has 0 unspecified atom stereocenters. The van der Waals surface area contributed by atoms with Crippen molar-refractivity contribution in [2.45, 2.75) is 39.2 Å². The molecule has 0 aromatic heterocycles. The Kier molecular flexibility index (Phi) is 7.25. The number of amides is 2. The summed E-state index contributed by atoms with van der Waals surface area (Å²) in [5.41, 5.74) is -0.256. The number of halogens is 1. The SMILES string of the molecule is CC(C)(C)NC(=O)CNC(=O)[C@@H]1CCCNC1.Cl. The van der Waals surface area contributed by atoms with Gasteiger partial charge in [-0.2, -0.15) is 0 Å². The third-order valence-corrected chi connectivity index (χ3v) is 2.61. The Labute approximate surface area is 115 Å². The van der Waals surface area contributed by atoms with Crippen molar-refractivity contribution in [1.82, 2.24) is 16.0 Å². The lowest BCUT2D eigenvalue weighted by atomic mass is 9.99. The molecule has 1 fully saturated rings. The van der Waals surface area contributed by atoms with E-state index in [4.69, 9.17) is 0 Å². The zero-order valence-corrected chi connectivity index (χ0v) is 12.2. The number of piperidine rings is 1. The molecular formula is C12H24ClN3O2. The largest absolute Gasteiger partial charge is 0.350 e. The van der Waals surface area contributed by atoms with E-state index in [-0.39, 0.29) is 42.2 Å². The van der Waals surface area contributed by atoms with Crippen LogP contribution >= 0.6 is 12.4 Å². The van der Waals surface area contributed by atoms with E-state index < -0.39 is 0 Å². The zero-order chi connectivity index (χ0) is 12.9. The molecule has 0 radical (unpaired) electrons. The molecule has 1 aliphatic heterocycles. The van der Waals surface area contributed by atoms with Crippen LogP contribution in [0.15, 0.2) is 0 Å². The lowest BCUT2D eigenvalue weighted by Crippen LogP contribution is -2.48. The maximum atomic E-state index is 11.7. The third kappa shape index (κ3) is 6.81. The molecule has 1 heterocycles. The molecule has 18 heavy (non-hydrogen) atoms. The average Bonchev–Trinajstić information content (AvgIpc) is 2.25. The molecule has 6 heteroatoms. The molecule has 1 atom stereocenters. The summed E-state index contributed by atoms with van der Waals surface area (Å²) in [4.78, 5) is 23.2. The van der Waals surface area contributed by atoms with Gasteiger partial charge in [0.2, 0.25) is 11.8 Å². The first kappa shape index (κ1) is 17.2. The minimum absolute atomic E-state index is 0. The third-order valence-electron chi connectivity index (χ3n) is 2.61. The molecule has 0 aromatic rings. The summed E-state index contributed by atoms with van der Waals surface area (Å²) in [5.74, 6) is -0.165. The quantitative estimate of drug-likeness (QED) is 0.701. The molecule has 0 bridgehead atoms. The first-order chi connectivity index (χ1) is 7.88. The van der Waals surface area contributed by atoms with Crippen LogP contribution in [-0.4, -0.2) is 37.0 Å². The molecule has 0 spiro atoms. The second-order valence-electron chi connectivity index (χ2n) is 5.56. The van der Waals surface area contributed by atoms with Crippen molar-refractivity contribution in [3.05, 3.63) is 0 Å². The van der Waals surface area contributed by atoms with Crippen LogP contribution in [0.2, 0.25) is 0 Å². The first-order valence-corrected chi connectivity index (χ1v) is 6.18. The second kappa shape index (κ2) is 7.59. The maximum absolute atomic E-state index is 11.7. The highest BCUT2D eigenvalue weighted by molar-refractivity contribution is 5.86. The molecule has 1 saturated heterocycles. The lowest BCUT2D eigenvalue weighted by molar-refractivity contribution is -0.129. The monoisotopic (exact) mass is 277 g/mol. The van der Waals surface area contributed by atoms with Crippen LogP contribution < -0.4 is 16.0 Å². The topological polar surface area (TPSA) is 70.2 Å². The minimum atomic E-state index is -0.256. The lowest BCUT2D eigenvalue weighted by Gasteiger charge is -2.23. The van der Waals surface area contributed by atoms with Gasteiger partial charge in [-0.25, -0.2) is 0 Å². The second-order valence-corrected chi connectivity index (χ2v) is 5.56. The van der Waals surface area contributed by atoms with E-state index in [0.717, 1.165) is 19.4 Å². The van der Waals surface area contributed by atoms with Crippen LogP contribution in [0.3, 0.4) is 0 Å². The Balaban J connectivity index is 0.00000289. The van der Waals surface area contributed by atoms with Crippen molar-refractivity contribution < 1.29 is 9.59 Å². The number of carbonyl (C=O) groups excluding carboxylic acids is 2. The Morgan fingerprint density at radius 1 is 1.33 bits per heavy atom. The van der Waals surface area contributed by atoms with Gasteiger partial charge in [0, 0.05) is 12.1 Å². The molecule has 0 saturated carbocycles. The van der Waals surface area contributed by atoms with E-state index >= 15 is 0 Å². The van der Waals surface area contributed by atoms with Gasteiger partial charge in [-0.3, -0.25) is 9.59 Å². The predicted octanol–water partition coefficient (Wildman–Crippen LogP) is 0.439. The van der Waals surface area contributed by atoms with E-state index in [2.05, 4.69) is 16.0 Å². The molecule has 1 aliphatic rings. The van der Waals surface area contributed by atoms with Crippen molar-refractivity contribution in [3.8, 4) is 0 Å². The van der Waals surface area contributed by atoms with E-state index in [1.54, 1.807) is 0 Å². The van der Waals surface area contributed by atoms with Gasteiger partial charge >= 0.3 is 0 Å². The molecule has 0 aromatic carbocycles. The summed E-state index contributed by atoms with van der Waals surface area (Å²) in [7, 11) is 0. The van der Waals surface area contributed by atoms with E-state index in [1.807, 2.05) is 20.8 Å². The summed E-state index contributed by atoms with van der Waals surface area (Å²) >= 11 is 0. The van der Waals surface area contributed by atoms with Crippen molar-refractivity contribution in [3.63, 3.8) is 0 Å². The normalized spacial score (nSPS) is 19.6.